The van der Waals surface area contributed by atoms with E-state index in [2.05, 4.69) is 10.0 Å². The summed E-state index contributed by atoms with van der Waals surface area (Å²) in [6.07, 6.45) is 6.30. The molecule has 4 rings (SSSR count). The summed E-state index contributed by atoms with van der Waals surface area (Å²) in [7, 11) is 1.69. The Morgan fingerprint density at radius 2 is 1.88 bits per heavy atom. The Bertz CT molecular complexity index is 1090. The van der Waals surface area contributed by atoms with Crippen LogP contribution in [0.5, 0.6) is 11.5 Å². The van der Waals surface area contributed by atoms with Crippen molar-refractivity contribution < 1.29 is 13.7 Å². The average molecular weight is 472 g/mol. The number of methoxy groups -OCH3 is 2. The summed E-state index contributed by atoms with van der Waals surface area (Å²) in [6.45, 7) is 2.02. The first-order valence-corrected chi connectivity index (χ1v) is 12.8. The van der Waals surface area contributed by atoms with E-state index >= 15 is 0 Å². The van der Waals surface area contributed by atoms with E-state index in [1.807, 2.05) is 49.4 Å². The molecule has 1 saturated carbocycles. The largest absolute Gasteiger partial charge is 0.497 e. The Hall–Kier alpha value is -2.58. The maximum Gasteiger partial charge on any atom is 0.183 e. The van der Waals surface area contributed by atoms with E-state index in [9.17, 15) is 4.21 Å². The molecular formula is C24H29N3O3S2. The van der Waals surface area contributed by atoms with Gasteiger partial charge in [-0.25, -0.2) is 9.19 Å². The van der Waals surface area contributed by atoms with Gasteiger partial charge in [-0.1, -0.05) is 36.7 Å². The SMILES string of the molecule is COc1cccc(NS(=O)c2cc(-c3sc(NC4CCCCC4)nc3C)ccc2OC)c1. The Kier molecular flexibility index (Phi) is 7.32. The second kappa shape index (κ2) is 10.4. The number of nitrogens with one attached hydrogen (secondary N) is 2. The van der Waals surface area contributed by atoms with Crippen molar-refractivity contribution >= 4 is 33.1 Å². The van der Waals surface area contributed by atoms with Crippen LogP contribution in [-0.2, 0) is 11.0 Å². The molecule has 170 valence electrons. The third kappa shape index (κ3) is 5.24. The molecule has 0 radical (unpaired) electrons. The zero-order chi connectivity index (χ0) is 22.5. The summed E-state index contributed by atoms with van der Waals surface area (Å²) in [5.41, 5.74) is 2.66. The van der Waals surface area contributed by atoms with Crippen molar-refractivity contribution in [2.75, 3.05) is 24.3 Å². The summed E-state index contributed by atoms with van der Waals surface area (Å²) in [5, 5.41) is 4.57. The lowest BCUT2D eigenvalue weighted by Gasteiger charge is -2.22. The molecule has 6 nitrogen and oxygen atoms in total. The fourth-order valence-corrected chi connectivity index (χ4v) is 6.02. The molecule has 1 aromatic heterocycles. The maximum absolute atomic E-state index is 13.2. The highest BCUT2D eigenvalue weighted by molar-refractivity contribution is 7.86. The van der Waals surface area contributed by atoms with Crippen molar-refractivity contribution in [1.29, 1.82) is 0 Å². The van der Waals surface area contributed by atoms with Crippen molar-refractivity contribution in [3.63, 3.8) is 0 Å². The molecule has 32 heavy (non-hydrogen) atoms. The highest BCUT2D eigenvalue weighted by Gasteiger charge is 2.19. The molecule has 8 heteroatoms. The first-order chi connectivity index (χ1) is 15.6. The van der Waals surface area contributed by atoms with E-state index < -0.39 is 11.0 Å². The Labute approximate surface area is 196 Å². The van der Waals surface area contributed by atoms with E-state index in [-0.39, 0.29) is 0 Å². The van der Waals surface area contributed by atoms with Crippen molar-refractivity contribution in [1.82, 2.24) is 4.98 Å². The van der Waals surface area contributed by atoms with Gasteiger partial charge < -0.3 is 19.5 Å². The molecule has 1 heterocycles. The van der Waals surface area contributed by atoms with Crippen LogP contribution in [0.2, 0.25) is 0 Å². The van der Waals surface area contributed by atoms with Gasteiger partial charge >= 0.3 is 0 Å². The minimum absolute atomic E-state index is 0.508. The predicted molar refractivity (Wildman–Crippen MR) is 132 cm³/mol. The quantitative estimate of drug-likeness (QED) is 0.421. The molecule has 1 atom stereocenters. The second-order valence-electron chi connectivity index (χ2n) is 7.88. The van der Waals surface area contributed by atoms with Gasteiger partial charge in [0.1, 0.15) is 16.4 Å². The van der Waals surface area contributed by atoms with Crippen molar-refractivity contribution in [2.45, 2.75) is 50.0 Å². The highest BCUT2D eigenvalue weighted by Crippen LogP contribution is 2.37. The lowest BCUT2D eigenvalue weighted by Crippen LogP contribution is -2.21. The minimum Gasteiger partial charge on any atom is -0.497 e. The monoisotopic (exact) mass is 471 g/mol. The van der Waals surface area contributed by atoms with Crippen LogP contribution in [0, 0.1) is 6.92 Å². The van der Waals surface area contributed by atoms with Crippen LogP contribution >= 0.6 is 11.3 Å². The van der Waals surface area contributed by atoms with Gasteiger partial charge in [0, 0.05) is 12.1 Å². The van der Waals surface area contributed by atoms with Gasteiger partial charge in [-0.2, -0.15) is 0 Å². The molecule has 0 spiro atoms. The van der Waals surface area contributed by atoms with Crippen molar-refractivity contribution in [3.8, 4) is 21.9 Å². The molecule has 2 aromatic carbocycles. The van der Waals surface area contributed by atoms with E-state index in [0.29, 0.717) is 28.1 Å². The molecule has 2 N–H and O–H groups in total. The topological polar surface area (TPSA) is 72.5 Å². The van der Waals surface area contributed by atoms with Crippen LogP contribution in [0.4, 0.5) is 10.8 Å². The minimum atomic E-state index is -1.51. The van der Waals surface area contributed by atoms with E-state index in [0.717, 1.165) is 21.3 Å². The van der Waals surface area contributed by atoms with E-state index in [1.165, 1.54) is 32.1 Å². The molecule has 1 aliphatic rings. The number of thiazole rings is 1. The van der Waals surface area contributed by atoms with Crippen LogP contribution in [-0.4, -0.2) is 29.5 Å². The number of aromatic nitrogens is 1. The van der Waals surface area contributed by atoms with Gasteiger partial charge in [-0.15, -0.1) is 0 Å². The van der Waals surface area contributed by atoms with Crippen molar-refractivity contribution in [2.24, 2.45) is 0 Å². The third-order valence-electron chi connectivity index (χ3n) is 5.64. The highest BCUT2D eigenvalue weighted by atomic mass is 32.2. The zero-order valence-electron chi connectivity index (χ0n) is 18.6. The summed E-state index contributed by atoms with van der Waals surface area (Å²) >= 11 is 1.65. The Morgan fingerprint density at radius 3 is 2.62 bits per heavy atom. The van der Waals surface area contributed by atoms with Crippen LogP contribution < -0.4 is 19.5 Å². The fraction of sp³-hybridized carbons (Fsp3) is 0.375. The standard InChI is InChI=1S/C24H29N3O3S2/c1-16-23(31-24(25-16)26-18-8-5-4-6-9-18)17-12-13-21(30-3)22(14-17)32(28)27-19-10-7-11-20(15-19)29-2/h7,10-15,18,27H,4-6,8-9H2,1-3H3,(H,25,26). The Balaban J connectivity index is 1.58. The Morgan fingerprint density at radius 1 is 1.06 bits per heavy atom. The molecule has 1 fully saturated rings. The number of hydrogen-bond acceptors (Lipinski definition) is 6. The van der Waals surface area contributed by atoms with Gasteiger partial charge in [0.15, 0.2) is 16.1 Å². The number of anilines is 2. The third-order valence-corrected chi connectivity index (χ3v) is 7.91. The summed E-state index contributed by atoms with van der Waals surface area (Å²) in [6, 6.07) is 13.7. The van der Waals surface area contributed by atoms with Crippen LogP contribution in [0.3, 0.4) is 0 Å². The van der Waals surface area contributed by atoms with Gasteiger partial charge in [0.2, 0.25) is 0 Å². The summed E-state index contributed by atoms with van der Waals surface area (Å²) < 4.78 is 27.0. The molecule has 0 saturated heterocycles. The average Bonchev–Trinajstić information content (AvgIpc) is 3.19. The molecule has 1 unspecified atom stereocenters. The van der Waals surface area contributed by atoms with Gasteiger partial charge in [-0.05, 0) is 55.7 Å². The number of benzene rings is 2. The molecule has 0 aliphatic heterocycles. The number of aryl methyl sites for hydroxylation is 1. The van der Waals surface area contributed by atoms with Crippen LogP contribution in [0.25, 0.3) is 10.4 Å². The van der Waals surface area contributed by atoms with Crippen LogP contribution in [0.1, 0.15) is 37.8 Å². The number of nitrogens with zero attached hydrogens (tertiary/aromatic N) is 1. The maximum atomic E-state index is 13.2. The lowest BCUT2D eigenvalue weighted by atomic mass is 9.96. The number of rotatable bonds is 8. The van der Waals surface area contributed by atoms with E-state index in [1.54, 1.807) is 25.6 Å². The number of hydrogen-bond donors (Lipinski definition) is 2. The molecule has 3 aromatic rings. The van der Waals surface area contributed by atoms with Crippen molar-refractivity contribution in [3.05, 3.63) is 48.2 Å². The molecule has 1 aliphatic carbocycles. The van der Waals surface area contributed by atoms with Gasteiger partial charge in [-0.3, -0.25) is 0 Å². The fourth-order valence-electron chi connectivity index (χ4n) is 3.96. The predicted octanol–water partition coefficient (Wildman–Crippen LogP) is 6.02. The summed E-state index contributed by atoms with van der Waals surface area (Å²) in [5.74, 6) is 1.27. The molecular weight excluding hydrogens is 442 g/mol. The lowest BCUT2D eigenvalue weighted by molar-refractivity contribution is 0.404. The zero-order valence-corrected chi connectivity index (χ0v) is 20.3. The normalized spacial score (nSPS) is 15.2. The van der Waals surface area contributed by atoms with Gasteiger partial charge in [0.25, 0.3) is 0 Å². The van der Waals surface area contributed by atoms with Crippen LogP contribution in [0.15, 0.2) is 47.4 Å². The second-order valence-corrected chi connectivity index (χ2v) is 10.1. The first-order valence-electron chi connectivity index (χ1n) is 10.8. The summed E-state index contributed by atoms with van der Waals surface area (Å²) in [4.78, 5) is 6.42. The first kappa shape index (κ1) is 22.6. The molecule has 0 bridgehead atoms. The van der Waals surface area contributed by atoms with E-state index in [4.69, 9.17) is 14.5 Å². The smallest absolute Gasteiger partial charge is 0.183 e. The molecule has 0 amide bonds. The number of ether oxygens (including phenoxy) is 2. The van der Waals surface area contributed by atoms with Gasteiger partial charge in [0.05, 0.1) is 30.5 Å².